The van der Waals surface area contributed by atoms with Gasteiger partial charge >= 0.3 is 11.9 Å². The van der Waals surface area contributed by atoms with Crippen molar-refractivity contribution in [3.8, 4) is 0 Å². The summed E-state index contributed by atoms with van der Waals surface area (Å²) in [6, 6.07) is -0.850. The molecule has 0 saturated carbocycles. The summed E-state index contributed by atoms with van der Waals surface area (Å²) in [7, 11) is 5.52. The number of aliphatic carboxylic acids is 2. The number of quaternary nitrogens is 2. The van der Waals surface area contributed by atoms with E-state index in [1.54, 1.807) is 0 Å². The van der Waals surface area contributed by atoms with Crippen molar-refractivity contribution in [1.82, 2.24) is 0 Å². The molecule has 3 N–H and O–H groups in total. The second-order valence-electron chi connectivity index (χ2n) is 9.02. The van der Waals surface area contributed by atoms with Gasteiger partial charge in [-0.25, -0.2) is 19.8 Å². The maximum absolute atomic E-state index is 11.3. The highest BCUT2D eigenvalue weighted by Crippen LogP contribution is 2.20. The third kappa shape index (κ3) is 14.3. The van der Waals surface area contributed by atoms with Gasteiger partial charge in [0.2, 0.25) is 12.4 Å². The van der Waals surface area contributed by atoms with E-state index >= 15 is 0 Å². The van der Waals surface area contributed by atoms with E-state index in [0.29, 0.717) is 10.9 Å². The Balaban J connectivity index is 0.000000890. The molecule has 2 unspecified atom stereocenters. The number of hydrogen-bond acceptors (Lipinski definition) is 4. The fourth-order valence-corrected chi connectivity index (χ4v) is 3.25. The van der Waals surface area contributed by atoms with Crippen molar-refractivity contribution >= 4 is 18.3 Å². The van der Waals surface area contributed by atoms with Crippen LogP contribution in [0.5, 0.6) is 0 Å². The minimum atomic E-state index is -0.976. The molecule has 1 aliphatic rings. The Kier molecular flexibility index (Phi) is 14.2. The lowest BCUT2D eigenvalue weighted by atomic mass is 10.0. The van der Waals surface area contributed by atoms with E-state index in [1.165, 1.54) is 63.7 Å². The number of hydrogen-bond donors (Lipinski definition) is 3. The Hall–Kier alpha value is -1.77. The van der Waals surface area contributed by atoms with Gasteiger partial charge < -0.3 is 14.7 Å². The van der Waals surface area contributed by atoms with Crippen molar-refractivity contribution in [3.63, 3.8) is 0 Å². The molecule has 0 aromatic carbocycles. The number of nitrogens with zero attached hydrogens (tertiary/aromatic N) is 3. The molecule has 1 rings (SSSR count). The van der Waals surface area contributed by atoms with Gasteiger partial charge in [-0.2, -0.15) is 0 Å². The molecule has 0 radical (unpaired) electrons. The van der Waals surface area contributed by atoms with Crippen molar-refractivity contribution in [2.24, 2.45) is 4.99 Å². The van der Waals surface area contributed by atoms with E-state index in [9.17, 15) is 19.9 Å². The molecule has 30 heavy (non-hydrogen) atoms. The molecule has 174 valence electrons. The first-order valence-electron chi connectivity index (χ1n) is 11.1. The molecule has 8 nitrogen and oxygen atoms in total. The van der Waals surface area contributed by atoms with E-state index < -0.39 is 22.6 Å². The summed E-state index contributed by atoms with van der Waals surface area (Å²) in [5.74, 6) is -1.73. The Bertz CT molecular complexity index is 543. The van der Waals surface area contributed by atoms with Crippen molar-refractivity contribution < 1.29 is 34.1 Å². The lowest BCUT2D eigenvalue weighted by Gasteiger charge is -2.24. The van der Waals surface area contributed by atoms with Crippen molar-refractivity contribution in [1.29, 1.82) is 0 Å². The van der Waals surface area contributed by atoms with Gasteiger partial charge in [-0.1, -0.05) is 64.7 Å². The number of likely N-dealkylation sites (N-methyl/N-ethyl adjacent to an activating group) is 1. The lowest BCUT2D eigenvalue weighted by Crippen LogP contribution is -2.50. The van der Waals surface area contributed by atoms with E-state index in [2.05, 4.69) is 11.9 Å². The van der Waals surface area contributed by atoms with Crippen LogP contribution in [0.4, 0.5) is 0 Å². The molecule has 0 spiro atoms. The van der Waals surface area contributed by atoms with Crippen LogP contribution in [0.15, 0.2) is 17.4 Å². The summed E-state index contributed by atoms with van der Waals surface area (Å²) in [5, 5.41) is 27.7. The van der Waals surface area contributed by atoms with Crippen LogP contribution >= 0.6 is 0 Å². The highest BCUT2D eigenvalue weighted by Gasteiger charge is 2.40. The van der Waals surface area contributed by atoms with Crippen molar-refractivity contribution in [2.75, 3.05) is 27.7 Å². The first kappa shape index (κ1) is 28.2. The minimum absolute atomic E-state index is 0.181. The van der Waals surface area contributed by atoms with E-state index in [0.717, 1.165) is 19.3 Å². The van der Waals surface area contributed by atoms with Crippen LogP contribution in [0, 0.1) is 0 Å². The Morgan fingerprint density at radius 3 is 1.77 bits per heavy atom. The second kappa shape index (κ2) is 15.1. The van der Waals surface area contributed by atoms with Gasteiger partial charge in [0.05, 0.1) is 27.3 Å². The van der Waals surface area contributed by atoms with Gasteiger partial charge in [-0.3, -0.25) is 0 Å². The third-order valence-corrected chi connectivity index (χ3v) is 4.87. The summed E-state index contributed by atoms with van der Waals surface area (Å²) in [5.41, 5.74) is 0. The SMILES string of the molecule is CCCCCCCCCCCCC(C(=O)O)[N+]1(O)C=CN=C1.C[N+](C)(C)CC(=O)O. The van der Waals surface area contributed by atoms with Gasteiger partial charge in [0, 0.05) is 6.42 Å². The van der Waals surface area contributed by atoms with Crippen LogP contribution in [-0.2, 0) is 9.59 Å². The lowest BCUT2D eigenvalue weighted by molar-refractivity contribution is -0.996. The van der Waals surface area contributed by atoms with Crippen LogP contribution in [0.3, 0.4) is 0 Å². The average Bonchev–Trinajstić information content (AvgIpc) is 3.05. The highest BCUT2D eigenvalue weighted by molar-refractivity contribution is 5.74. The summed E-state index contributed by atoms with van der Waals surface area (Å²) >= 11 is 0. The summed E-state index contributed by atoms with van der Waals surface area (Å²) < 4.78 is -0.220. The maximum atomic E-state index is 11.3. The molecule has 2 atom stereocenters. The van der Waals surface area contributed by atoms with Crippen LogP contribution in [0.25, 0.3) is 0 Å². The monoisotopic (exact) mass is 429 g/mol. The van der Waals surface area contributed by atoms with E-state index in [4.69, 9.17) is 5.11 Å². The molecule has 0 aromatic heterocycles. The van der Waals surface area contributed by atoms with Gasteiger partial charge in [0.25, 0.3) is 0 Å². The molecular formula is C22H43N3O5+2. The number of hydroxylamine groups is 3. The molecular weight excluding hydrogens is 386 g/mol. The van der Waals surface area contributed by atoms with Gasteiger partial charge in [-0.15, -0.1) is 4.65 Å². The smallest absolute Gasteiger partial charge is 0.366 e. The summed E-state index contributed by atoms with van der Waals surface area (Å²) in [4.78, 5) is 25.1. The maximum Gasteiger partial charge on any atom is 0.366 e. The Morgan fingerprint density at radius 2 is 1.43 bits per heavy atom. The molecule has 1 aliphatic heterocycles. The number of carboxylic acids is 2. The largest absolute Gasteiger partial charge is 0.477 e. The first-order valence-corrected chi connectivity index (χ1v) is 11.1. The molecule has 0 fully saturated rings. The van der Waals surface area contributed by atoms with Crippen LogP contribution in [0.2, 0.25) is 0 Å². The zero-order valence-electron chi connectivity index (χ0n) is 19.3. The topological polar surface area (TPSA) is 107 Å². The van der Waals surface area contributed by atoms with Crippen molar-refractivity contribution in [3.05, 3.63) is 12.4 Å². The second-order valence-corrected chi connectivity index (χ2v) is 9.02. The number of carbonyl (C=O) groups is 2. The number of carboxylic acid groups (broad SMARTS) is 2. The van der Waals surface area contributed by atoms with E-state index in [-0.39, 0.29) is 6.54 Å². The molecule has 0 amide bonds. The third-order valence-electron chi connectivity index (χ3n) is 4.87. The number of unbranched alkanes of at least 4 members (excludes halogenated alkanes) is 9. The molecule has 0 aromatic rings. The highest BCUT2D eigenvalue weighted by atomic mass is 16.6. The zero-order valence-corrected chi connectivity index (χ0v) is 19.3. The molecule has 0 saturated heterocycles. The van der Waals surface area contributed by atoms with Crippen molar-refractivity contribution in [2.45, 2.75) is 83.6 Å². The normalized spacial score (nSPS) is 18.7. The molecule has 8 heteroatoms. The predicted octanol–water partition coefficient (Wildman–Crippen LogP) is 4.25. The number of rotatable bonds is 15. The van der Waals surface area contributed by atoms with Gasteiger partial charge in [0.15, 0.2) is 12.7 Å². The summed E-state index contributed by atoms with van der Waals surface area (Å²) in [6.07, 6.45) is 16.7. The minimum Gasteiger partial charge on any atom is -0.477 e. The standard InChI is InChI=1S/C17H30N2O3.C5H11NO2/c1-2-3-4-5-6-7-8-9-10-11-12-16(17(20)21)19(22)14-13-18-15-19;1-6(2,3)4-5(7)8/h13-16,22H,2-12H2,1H3;4H2,1-3H3/p+2. The van der Waals surface area contributed by atoms with Gasteiger partial charge in [-0.05, 0) is 6.42 Å². The van der Waals surface area contributed by atoms with Crippen LogP contribution < -0.4 is 0 Å². The Labute approximate surface area is 181 Å². The fraction of sp³-hybridized carbons (Fsp3) is 0.773. The first-order chi connectivity index (χ1) is 14.0. The average molecular weight is 430 g/mol. The number of aliphatic imine (C=N–C) groups is 1. The molecule has 1 heterocycles. The summed E-state index contributed by atoms with van der Waals surface area (Å²) in [6.45, 7) is 2.41. The predicted molar refractivity (Wildman–Crippen MR) is 118 cm³/mol. The molecule has 0 bridgehead atoms. The van der Waals surface area contributed by atoms with Gasteiger partial charge in [0.1, 0.15) is 0 Å². The van der Waals surface area contributed by atoms with Crippen LogP contribution in [-0.4, -0.2) is 76.6 Å². The molecule has 0 aliphatic carbocycles. The Morgan fingerprint density at radius 1 is 0.933 bits per heavy atom. The fourth-order valence-electron chi connectivity index (χ4n) is 3.25. The van der Waals surface area contributed by atoms with E-state index in [1.807, 2.05) is 21.1 Å². The zero-order chi connectivity index (χ0) is 23.0. The van der Waals surface area contributed by atoms with Crippen LogP contribution in [0.1, 0.15) is 77.6 Å². The quantitative estimate of drug-likeness (QED) is 0.266.